The summed E-state index contributed by atoms with van der Waals surface area (Å²) >= 11 is 2.16. The molecule has 1 saturated heterocycles. The van der Waals surface area contributed by atoms with Gasteiger partial charge in [0, 0.05) is 24.3 Å². The number of benzene rings is 3. The fourth-order valence-corrected chi connectivity index (χ4v) is 4.24. The molecule has 0 unspecified atom stereocenters. The monoisotopic (exact) mass is 601 g/mol. The zero-order valence-electron chi connectivity index (χ0n) is 20.0. The number of hydrogen-bond acceptors (Lipinski definition) is 6. The molecule has 0 radical (unpaired) electrons. The molecule has 1 aliphatic rings. The van der Waals surface area contributed by atoms with Crippen LogP contribution in [0.2, 0.25) is 0 Å². The number of ether oxygens (including phenoxy) is 3. The van der Waals surface area contributed by atoms with Crippen molar-refractivity contribution in [2.24, 2.45) is 0 Å². The molecule has 0 saturated carbocycles. The Morgan fingerprint density at radius 2 is 1.75 bits per heavy atom. The van der Waals surface area contributed by atoms with Gasteiger partial charge in [0.15, 0.2) is 0 Å². The van der Waals surface area contributed by atoms with Crippen molar-refractivity contribution in [1.82, 2.24) is 4.90 Å². The summed E-state index contributed by atoms with van der Waals surface area (Å²) in [5.41, 5.74) is 3.57. The molecule has 3 aromatic carbocycles. The van der Waals surface area contributed by atoms with Gasteiger partial charge in [-0.25, -0.2) is 0 Å². The average molecular weight is 601 g/mol. The zero-order chi connectivity index (χ0) is 25.3. The average Bonchev–Trinajstić information content (AvgIpc) is 2.90. The minimum atomic E-state index is -0.251. The summed E-state index contributed by atoms with van der Waals surface area (Å²) in [6.07, 6.45) is 0. The van der Waals surface area contributed by atoms with Gasteiger partial charge in [-0.15, -0.1) is 0 Å². The number of alkyl halides is 1. The lowest BCUT2D eigenvalue weighted by Crippen LogP contribution is -2.41. The lowest BCUT2D eigenvalue weighted by atomic mass is 10.0. The van der Waals surface area contributed by atoms with Crippen molar-refractivity contribution in [2.75, 3.05) is 55.2 Å². The summed E-state index contributed by atoms with van der Waals surface area (Å²) in [5.74, 6) is 0.916. The van der Waals surface area contributed by atoms with Crippen LogP contribution in [0.1, 0.15) is 10.4 Å². The summed E-state index contributed by atoms with van der Waals surface area (Å²) in [7, 11) is 1.54. The second-order valence-corrected chi connectivity index (χ2v) is 8.79. The normalized spacial score (nSPS) is 13.6. The van der Waals surface area contributed by atoms with Crippen LogP contribution in [0.5, 0.6) is 11.5 Å². The van der Waals surface area contributed by atoms with Crippen molar-refractivity contribution in [3.63, 3.8) is 0 Å². The topological polar surface area (TPSA) is 89.1 Å². The van der Waals surface area contributed by atoms with Gasteiger partial charge in [0.1, 0.15) is 16.1 Å². The van der Waals surface area contributed by atoms with Crippen molar-refractivity contribution in [3.05, 3.63) is 72.3 Å². The number of amides is 2. The third-order valence-corrected chi connectivity index (χ3v) is 6.05. The molecule has 2 amide bonds. The van der Waals surface area contributed by atoms with Crippen LogP contribution in [0.3, 0.4) is 0 Å². The number of nitrogens with zero attached hydrogens (tertiary/aromatic N) is 1. The van der Waals surface area contributed by atoms with Crippen molar-refractivity contribution in [1.29, 1.82) is 0 Å². The molecule has 188 valence electrons. The highest BCUT2D eigenvalue weighted by molar-refractivity contribution is 14.1. The van der Waals surface area contributed by atoms with E-state index in [0.29, 0.717) is 40.5 Å². The number of methoxy groups -OCH3 is 1. The highest BCUT2D eigenvalue weighted by atomic mass is 127. The maximum atomic E-state index is 12.9. The molecule has 2 N–H and O–H groups in total. The molecule has 4 rings (SSSR count). The quantitative estimate of drug-likeness (QED) is 0.274. The Morgan fingerprint density at radius 3 is 2.47 bits per heavy atom. The van der Waals surface area contributed by atoms with E-state index in [1.54, 1.807) is 30.3 Å². The second kappa shape index (κ2) is 12.7. The van der Waals surface area contributed by atoms with E-state index in [0.717, 1.165) is 30.0 Å². The first-order chi connectivity index (χ1) is 17.6. The maximum Gasteiger partial charge on any atom is 0.255 e. The lowest BCUT2D eigenvalue weighted by molar-refractivity contribution is -0.118. The second-order valence-electron chi connectivity index (χ2n) is 8.16. The fraction of sp³-hybridized carbons (Fsp3) is 0.259. The summed E-state index contributed by atoms with van der Waals surface area (Å²) in [6, 6.07) is 20.4. The van der Waals surface area contributed by atoms with Crippen LogP contribution >= 0.6 is 22.6 Å². The summed E-state index contributed by atoms with van der Waals surface area (Å²) in [4.78, 5) is 27.5. The maximum absolute atomic E-state index is 12.9. The molecule has 0 atom stereocenters. The van der Waals surface area contributed by atoms with Gasteiger partial charge in [-0.05, 0) is 76.2 Å². The Labute approximate surface area is 224 Å². The number of rotatable bonds is 9. The number of anilines is 2. The highest BCUT2D eigenvalue weighted by Gasteiger charge is 2.16. The first kappa shape index (κ1) is 25.9. The third-order valence-electron chi connectivity index (χ3n) is 5.74. The van der Waals surface area contributed by atoms with Crippen LogP contribution in [0, 0.1) is 0 Å². The van der Waals surface area contributed by atoms with Gasteiger partial charge in [0.2, 0.25) is 5.91 Å². The van der Waals surface area contributed by atoms with Gasteiger partial charge in [0.25, 0.3) is 5.91 Å². The molecule has 8 nitrogen and oxygen atoms in total. The molecule has 0 aliphatic carbocycles. The number of hydrogen-bond donors (Lipinski definition) is 2. The zero-order valence-corrected chi connectivity index (χ0v) is 22.1. The standard InChI is InChI=1S/C27H28IN3O5/c1-34-25-10-9-22(16-24(25)30-26(32)17-31-11-13-35-14-12-31)29-27(33)20-7-5-19(6-8-20)21-3-2-4-23(15-21)36-18-28/h2-10,15-16H,11-14,17-18H2,1H3,(H,29,33)(H,30,32). The van der Waals surface area contributed by atoms with Crippen LogP contribution in [-0.2, 0) is 9.53 Å². The van der Waals surface area contributed by atoms with E-state index in [9.17, 15) is 9.59 Å². The Bertz CT molecular complexity index is 1200. The van der Waals surface area contributed by atoms with Crippen molar-refractivity contribution >= 4 is 45.8 Å². The Kier molecular flexibility index (Phi) is 9.15. The first-order valence-corrected chi connectivity index (χ1v) is 13.1. The molecule has 1 fully saturated rings. The van der Waals surface area contributed by atoms with Crippen molar-refractivity contribution in [3.8, 4) is 22.6 Å². The molecular formula is C27H28IN3O5. The minimum absolute atomic E-state index is 0.151. The van der Waals surface area contributed by atoms with E-state index >= 15 is 0 Å². The molecule has 0 bridgehead atoms. The molecular weight excluding hydrogens is 573 g/mol. The number of nitrogens with one attached hydrogen (secondary N) is 2. The Balaban J connectivity index is 1.42. The van der Waals surface area contributed by atoms with Crippen LogP contribution in [-0.4, -0.2) is 61.3 Å². The number of carbonyl (C=O) groups excluding carboxylic acids is 2. The first-order valence-electron chi connectivity index (χ1n) is 11.5. The van der Waals surface area contributed by atoms with Crippen molar-refractivity contribution in [2.45, 2.75) is 0 Å². The van der Waals surface area contributed by atoms with Crippen LogP contribution in [0.15, 0.2) is 66.7 Å². The van der Waals surface area contributed by atoms with E-state index in [2.05, 4.69) is 33.2 Å². The molecule has 0 aromatic heterocycles. The van der Waals surface area contributed by atoms with Crippen LogP contribution in [0.4, 0.5) is 11.4 Å². The number of halogens is 1. The SMILES string of the molecule is COc1ccc(NC(=O)c2ccc(-c3cccc(OCI)c3)cc2)cc1NC(=O)CN1CCOCC1. The molecule has 1 aliphatic heterocycles. The van der Waals surface area contributed by atoms with Crippen molar-refractivity contribution < 1.29 is 23.8 Å². The van der Waals surface area contributed by atoms with Gasteiger partial charge in [-0.1, -0.05) is 24.3 Å². The highest BCUT2D eigenvalue weighted by Crippen LogP contribution is 2.29. The van der Waals surface area contributed by atoms with E-state index in [1.807, 2.05) is 41.3 Å². The molecule has 1 heterocycles. The van der Waals surface area contributed by atoms with E-state index in [4.69, 9.17) is 14.2 Å². The summed E-state index contributed by atoms with van der Waals surface area (Å²) in [6.45, 7) is 2.95. The number of morpholine rings is 1. The lowest BCUT2D eigenvalue weighted by Gasteiger charge is -2.26. The summed E-state index contributed by atoms with van der Waals surface area (Å²) < 4.78 is 16.9. The summed E-state index contributed by atoms with van der Waals surface area (Å²) in [5, 5.41) is 5.79. The predicted octanol–water partition coefficient (Wildman–Crippen LogP) is 4.66. The predicted molar refractivity (Wildman–Crippen MR) is 148 cm³/mol. The Hall–Kier alpha value is -3.15. The smallest absolute Gasteiger partial charge is 0.255 e. The molecule has 0 spiro atoms. The molecule has 3 aromatic rings. The largest absolute Gasteiger partial charge is 0.495 e. The Morgan fingerprint density at radius 1 is 0.972 bits per heavy atom. The number of carbonyl (C=O) groups is 2. The van der Waals surface area contributed by atoms with Gasteiger partial charge in [0.05, 0.1) is 32.6 Å². The van der Waals surface area contributed by atoms with E-state index < -0.39 is 0 Å². The van der Waals surface area contributed by atoms with E-state index in [-0.39, 0.29) is 18.4 Å². The van der Waals surface area contributed by atoms with E-state index in [1.165, 1.54) is 7.11 Å². The van der Waals surface area contributed by atoms with Gasteiger partial charge < -0.3 is 24.8 Å². The minimum Gasteiger partial charge on any atom is -0.495 e. The fourth-order valence-electron chi connectivity index (χ4n) is 3.88. The van der Waals surface area contributed by atoms with Gasteiger partial charge in [-0.3, -0.25) is 14.5 Å². The third kappa shape index (κ3) is 6.96. The van der Waals surface area contributed by atoms with Gasteiger partial charge >= 0.3 is 0 Å². The molecule has 36 heavy (non-hydrogen) atoms. The van der Waals surface area contributed by atoms with Crippen LogP contribution in [0.25, 0.3) is 11.1 Å². The molecule has 9 heteroatoms. The van der Waals surface area contributed by atoms with Gasteiger partial charge in [-0.2, -0.15) is 0 Å². The van der Waals surface area contributed by atoms with Crippen LogP contribution < -0.4 is 20.1 Å².